The van der Waals surface area contributed by atoms with Crippen LogP contribution in [0.25, 0.3) is 0 Å². The normalized spacial score (nSPS) is 15.2. The van der Waals surface area contributed by atoms with Crippen LogP contribution in [0.1, 0.15) is 5.56 Å². The number of nitrogens with zero attached hydrogens (tertiary/aromatic N) is 2. The van der Waals surface area contributed by atoms with Crippen molar-refractivity contribution >= 4 is 11.7 Å². The van der Waals surface area contributed by atoms with Crippen molar-refractivity contribution in [3.8, 4) is 5.75 Å². The average Bonchev–Trinajstić information content (AvgIpc) is 2.60. The van der Waals surface area contributed by atoms with E-state index in [2.05, 4.69) is 0 Å². The van der Waals surface area contributed by atoms with Crippen LogP contribution in [-0.4, -0.2) is 35.3 Å². The molecule has 9 heteroatoms. The average molecular weight is 359 g/mol. The van der Waals surface area contributed by atoms with Crippen LogP contribution in [0.3, 0.4) is 0 Å². The number of Topliss-reactive ketones (excluding diaryl/α,β-unsaturated/α-hetero) is 1. The molecule has 9 nitrogen and oxygen atoms in total. The molecule has 0 aliphatic heterocycles. The first-order chi connectivity index (χ1) is 12.3. The Hall–Kier alpha value is -3.46. The molecular formula is C17H17N3O6. The van der Waals surface area contributed by atoms with Gasteiger partial charge < -0.3 is 9.47 Å². The molecule has 0 heterocycles. The summed E-state index contributed by atoms with van der Waals surface area (Å²) in [5.41, 5.74) is 0.468. The zero-order chi connectivity index (χ0) is 19.3. The molecule has 0 bridgehead atoms. The second-order valence-corrected chi connectivity index (χ2v) is 5.36. The van der Waals surface area contributed by atoms with Gasteiger partial charge in [-0.25, -0.2) is 5.84 Å². The molecule has 0 fully saturated rings. The Balaban J connectivity index is 2.11. The maximum absolute atomic E-state index is 12.1. The van der Waals surface area contributed by atoms with Crippen molar-refractivity contribution < 1.29 is 24.0 Å². The topological polar surface area (TPSA) is 125 Å². The molecule has 26 heavy (non-hydrogen) atoms. The van der Waals surface area contributed by atoms with Crippen molar-refractivity contribution in [3.63, 3.8) is 0 Å². The van der Waals surface area contributed by atoms with E-state index in [0.717, 1.165) is 22.8 Å². The van der Waals surface area contributed by atoms with Crippen molar-refractivity contribution in [2.45, 2.75) is 6.92 Å². The third-order valence-corrected chi connectivity index (χ3v) is 3.40. The fraction of sp³-hybridized carbons (Fsp3) is 0.176. The summed E-state index contributed by atoms with van der Waals surface area (Å²) in [5.74, 6) is 4.51. The molecular weight excluding hydrogens is 342 g/mol. The summed E-state index contributed by atoms with van der Waals surface area (Å²) in [5, 5.41) is 11.7. The van der Waals surface area contributed by atoms with Gasteiger partial charge in [-0.2, -0.15) is 0 Å². The molecule has 0 aromatic heterocycles. The van der Waals surface area contributed by atoms with Crippen LogP contribution in [-0.2, 0) is 14.3 Å². The van der Waals surface area contributed by atoms with E-state index in [4.69, 9.17) is 15.3 Å². The Morgan fingerprint density at radius 1 is 1.38 bits per heavy atom. The summed E-state index contributed by atoms with van der Waals surface area (Å²) in [6.07, 6.45) is 3.42. The largest absolute Gasteiger partial charge is 0.492 e. The standard InChI is InChI=1S/C17H17N3O6/c1-11-4-3-5-13(6-11)26-10-16(21)19(18)9-12-7-14(20(23)24)17(22)15(8-12)25-2/h3-9H,10,18H2,1-2H3. The van der Waals surface area contributed by atoms with Crippen molar-refractivity contribution in [2.24, 2.45) is 5.84 Å². The second kappa shape index (κ2) is 8.08. The molecule has 1 aromatic rings. The van der Waals surface area contributed by atoms with E-state index in [1.807, 2.05) is 13.0 Å². The highest BCUT2D eigenvalue weighted by atomic mass is 16.6. The molecule has 1 aliphatic carbocycles. The van der Waals surface area contributed by atoms with Crippen LogP contribution in [0.15, 0.2) is 59.6 Å². The van der Waals surface area contributed by atoms with E-state index in [-0.39, 0.29) is 17.9 Å². The summed E-state index contributed by atoms with van der Waals surface area (Å²) in [6, 6.07) is 7.14. The highest BCUT2D eigenvalue weighted by molar-refractivity contribution is 6.07. The van der Waals surface area contributed by atoms with Crippen molar-refractivity contribution in [1.29, 1.82) is 0 Å². The minimum Gasteiger partial charge on any atom is -0.492 e. The van der Waals surface area contributed by atoms with Crippen molar-refractivity contribution in [2.75, 3.05) is 13.7 Å². The maximum Gasteiger partial charge on any atom is 0.320 e. The third-order valence-electron chi connectivity index (χ3n) is 3.40. The summed E-state index contributed by atoms with van der Waals surface area (Å²) >= 11 is 0. The van der Waals surface area contributed by atoms with E-state index >= 15 is 0 Å². The van der Waals surface area contributed by atoms with Gasteiger partial charge in [0.05, 0.1) is 12.0 Å². The number of nitro groups is 1. The lowest BCUT2D eigenvalue weighted by molar-refractivity contribution is -0.418. The number of aryl methyl sites for hydroxylation is 1. The Morgan fingerprint density at radius 2 is 2.12 bits per heavy atom. The van der Waals surface area contributed by atoms with Gasteiger partial charge in [-0.15, -0.1) is 0 Å². The number of hydrazine groups is 1. The van der Waals surface area contributed by atoms with E-state index in [9.17, 15) is 19.7 Å². The van der Waals surface area contributed by atoms with Gasteiger partial charge in [0, 0.05) is 17.8 Å². The quantitative estimate of drug-likeness (QED) is 0.350. The van der Waals surface area contributed by atoms with Gasteiger partial charge in [0.15, 0.2) is 12.4 Å². The van der Waals surface area contributed by atoms with Crippen LogP contribution < -0.4 is 10.6 Å². The SMILES string of the molecule is COC1=CC(=CN(N)C(=O)COc2cccc(C)c2)C=C([N+](=O)[O-])C1=O. The summed E-state index contributed by atoms with van der Waals surface area (Å²) in [6.45, 7) is 1.56. The van der Waals surface area contributed by atoms with Crippen molar-refractivity contribution in [3.05, 3.63) is 75.3 Å². The number of rotatable bonds is 6. The number of hydrogen-bond donors (Lipinski definition) is 1. The van der Waals surface area contributed by atoms with Crippen LogP contribution in [0, 0.1) is 17.0 Å². The number of benzene rings is 1. The zero-order valence-corrected chi connectivity index (χ0v) is 14.2. The second-order valence-electron chi connectivity index (χ2n) is 5.36. The Labute approximate surface area is 149 Å². The molecule has 1 amide bonds. The Morgan fingerprint density at radius 3 is 2.73 bits per heavy atom. The summed E-state index contributed by atoms with van der Waals surface area (Å²) < 4.78 is 10.2. The Kier molecular flexibility index (Phi) is 5.86. The van der Waals surface area contributed by atoms with Gasteiger partial charge in [0.1, 0.15) is 5.75 Å². The first-order valence-corrected chi connectivity index (χ1v) is 7.46. The minimum absolute atomic E-state index is 0.166. The fourth-order valence-corrected chi connectivity index (χ4v) is 2.13. The molecule has 1 aromatic carbocycles. The number of ether oxygens (including phenoxy) is 2. The molecule has 0 spiro atoms. The molecule has 0 radical (unpaired) electrons. The molecule has 0 saturated carbocycles. The zero-order valence-electron chi connectivity index (χ0n) is 14.2. The van der Waals surface area contributed by atoms with Gasteiger partial charge in [0.2, 0.25) is 0 Å². The number of amides is 1. The molecule has 0 saturated heterocycles. The molecule has 2 rings (SSSR count). The highest BCUT2D eigenvalue weighted by Gasteiger charge is 2.30. The van der Waals surface area contributed by atoms with Gasteiger partial charge in [0.25, 0.3) is 11.7 Å². The number of nitrogens with two attached hydrogens (primary N) is 1. The Bertz CT molecular complexity index is 841. The van der Waals surface area contributed by atoms with Crippen molar-refractivity contribution in [1.82, 2.24) is 5.01 Å². The van der Waals surface area contributed by atoms with E-state index in [0.29, 0.717) is 5.75 Å². The number of carbonyl (C=O) groups excluding carboxylic acids is 2. The summed E-state index contributed by atoms with van der Waals surface area (Å²) in [7, 11) is 1.21. The van der Waals surface area contributed by atoms with Gasteiger partial charge in [-0.05, 0) is 30.7 Å². The first-order valence-electron chi connectivity index (χ1n) is 7.46. The molecule has 2 N–H and O–H groups in total. The molecule has 0 unspecified atom stereocenters. The maximum atomic E-state index is 12.1. The first kappa shape index (κ1) is 18.9. The van der Waals surface area contributed by atoms with E-state index in [1.165, 1.54) is 13.2 Å². The summed E-state index contributed by atoms with van der Waals surface area (Å²) in [4.78, 5) is 34.0. The van der Waals surface area contributed by atoms with Crippen LogP contribution >= 0.6 is 0 Å². The molecule has 0 atom stereocenters. The lowest BCUT2D eigenvalue weighted by Gasteiger charge is -2.15. The fourth-order valence-electron chi connectivity index (χ4n) is 2.13. The smallest absolute Gasteiger partial charge is 0.320 e. The van der Waals surface area contributed by atoms with Crippen LogP contribution in [0.5, 0.6) is 5.75 Å². The lowest BCUT2D eigenvalue weighted by Crippen LogP contribution is -2.36. The van der Waals surface area contributed by atoms with Crippen LogP contribution in [0.4, 0.5) is 0 Å². The number of ketones is 1. The predicted octanol–water partition coefficient (Wildman–Crippen LogP) is 1.23. The third kappa shape index (κ3) is 4.54. The van der Waals surface area contributed by atoms with E-state index < -0.39 is 22.3 Å². The lowest BCUT2D eigenvalue weighted by atomic mass is 10.1. The number of hydrogen-bond acceptors (Lipinski definition) is 7. The van der Waals surface area contributed by atoms with E-state index in [1.54, 1.807) is 18.2 Å². The number of carbonyl (C=O) groups is 2. The predicted molar refractivity (Wildman–Crippen MR) is 91.0 cm³/mol. The van der Waals surface area contributed by atoms with Gasteiger partial charge in [-0.1, -0.05) is 12.1 Å². The number of methoxy groups -OCH3 is 1. The van der Waals surface area contributed by atoms with Gasteiger partial charge >= 0.3 is 5.70 Å². The van der Waals surface area contributed by atoms with Gasteiger partial charge in [-0.3, -0.25) is 24.7 Å². The molecule has 1 aliphatic rings. The molecule has 136 valence electrons. The van der Waals surface area contributed by atoms with Crippen LogP contribution in [0.2, 0.25) is 0 Å². The highest BCUT2D eigenvalue weighted by Crippen LogP contribution is 2.20. The minimum atomic E-state index is -0.854. The monoisotopic (exact) mass is 359 g/mol. The number of allylic oxidation sites excluding steroid dienone is 3.